The van der Waals surface area contributed by atoms with Crippen LogP contribution in [0.5, 0.6) is 0 Å². The first-order valence-electron chi connectivity index (χ1n) is 4.89. The first-order chi connectivity index (χ1) is 6.85. The zero-order chi connectivity index (χ0) is 9.86. The second kappa shape index (κ2) is 5.22. The first kappa shape index (κ1) is 11.3. The van der Waals surface area contributed by atoms with Gasteiger partial charge in [0.15, 0.2) is 0 Å². The monoisotopic (exact) mass is 249 g/mol. The Balaban J connectivity index is 1.79. The fourth-order valence-electron chi connectivity index (χ4n) is 1.38. The quantitative estimate of drug-likeness (QED) is 0.610. The van der Waals surface area contributed by atoms with Crippen LogP contribution < -0.4 is 5.32 Å². The molecule has 2 nitrogen and oxygen atoms in total. The summed E-state index contributed by atoms with van der Waals surface area (Å²) in [7, 11) is 2.68. The van der Waals surface area contributed by atoms with Gasteiger partial charge >= 0.3 is 0 Å². The number of hydrogen-bond acceptors (Lipinski definition) is 4. The van der Waals surface area contributed by atoms with Crippen molar-refractivity contribution in [2.24, 2.45) is 0 Å². The van der Waals surface area contributed by atoms with Gasteiger partial charge in [-0.3, -0.25) is 5.32 Å². The Kier molecular flexibility index (Phi) is 4.21. The van der Waals surface area contributed by atoms with E-state index in [2.05, 4.69) is 20.6 Å². The lowest BCUT2D eigenvalue weighted by Crippen LogP contribution is -2.30. The van der Waals surface area contributed by atoms with Crippen LogP contribution in [0.3, 0.4) is 0 Å². The molecule has 0 bridgehead atoms. The number of hydrogen-bond donors (Lipinski definition) is 1. The molecule has 0 radical (unpaired) electrons. The lowest BCUT2D eigenvalue weighted by atomic mass is 10.2. The molecule has 5 heteroatoms. The van der Waals surface area contributed by atoms with Gasteiger partial charge in [0.25, 0.3) is 0 Å². The summed E-state index contributed by atoms with van der Waals surface area (Å²) in [5, 5.41) is 3.35. The fourth-order valence-corrected chi connectivity index (χ4v) is 4.15. The number of epoxide rings is 1. The van der Waals surface area contributed by atoms with Crippen LogP contribution in [0, 0.1) is 0 Å². The SMILES string of the molecule is PCNC1(CC=C2SCCCS2)CO1. The highest BCUT2D eigenvalue weighted by molar-refractivity contribution is 8.22. The van der Waals surface area contributed by atoms with Gasteiger partial charge in [0.1, 0.15) is 5.72 Å². The van der Waals surface area contributed by atoms with E-state index in [4.69, 9.17) is 4.74 Å². The third-order valence-corrected chi connectivity index (χ3v) is 5.09. The molecule has 0 spiro atoms. The fraction of sp³-hybridized carbons (Fsp3) is 0.778. The maximum atomic E-state index is 5.44. The molecule has 80 valence electrons. The summed E-state index contributed by atoms with van der Waals surface area (Å²) in [5.74, 6) is 2.56. The Morgan fingerprint density at radius 1 is 1.50 bits per heavy atom. The Labute approximate surface area is 96.2 Å². The van der Waals surface area contributed by atoms with E-state index >= 15 is 0 Å². The van der Waals surface area contributed by atoms with Crippen molar-refractivity contribution in [2.45, 2.75) is 18.6 Å². The van der Waals surface area contributed by atoms with E-state index in [0.717, 1.165) is 19.3 Å². The van der Waals surface area contributed by atoms with Gasteiger partial charge in [0.2, 0.25) is 0 Å². The van der Waals surface area contributed by atoms with E-state index in [1.54, 1.807) is 0 Å². The number of rotatable bonds is 4. The van der Waals surface area contributed by atoms with Crippen LogP contribution in [-0.4, -0.2) is 30.1 Å². The number of ether oxygens (including phenoxy) is 1. The molecule has 2 aliphatic heterocycles. The van der Waals surface area contributed by atoms with Gasteiger partial charge in [-0.2, -0.15) is 0 Å². The molecule has 0 aromatic carbocycles. The predicted octanol–water partition coefficient (Wildman–Crippen LogP) is 2.24. The van der Waals surface area contributed by atoms with Crippen LogP contribution in [0.2, 0.25) is 0 Å². The van der Waals surface area contributed by atoms with Crippen molar-refractivity contribution in [1.82, 2.24) is 5.32 Å². The molecule has 0 aromatic heterocycles. The summed E-state index contributed by atoms with van der Waals surface area (Å²) in [6.45, 7) is 0.862. The maximum Gasteiger partial charge on any atom is 0.146 e. The van der Waals surface area contributed by atoms with Crippen molar-refractivity contribution in [1.29, 1.82) is 0 Å². The van der Waals surface area contributed by atoms with Crippen molar-refractivity contribution in [3.8, 4) is 0 Å². The van der Waals surface area contributed by atoms with Crippen molar-refractivity contribution < 1.29 is 4.74 Å². The molecule has 2 aliphatic rings. The average molecular weight is 249 g/mol. The van der Waals surface area contributed by atoms with Gasteiger partial charge in [0, 0.05) is 16.9 Å². The molecular weight excluding hydrogens is 233 g/mol. The minimum absolute atomic E-state index is 0.0205. The van der Waals surface area contributed by atoms with Crippen molar-refractivity contribution in [3.63, 3.8) is 0 Å². The average Bonchev–Trinajstić information content (AvgIpc) is 2.98. The predicted molar refractivity (Wildman–Crippen MR) is 68.6 cm³/mol. The van der Waals surface area contributed by atoms with Crippen LogP contribution in [0.15, 0.2) is 10.3 Å². The van der Waals surface area contributed by atoms with Gasteiger partial charge in [-0.05, 0) is 17.9 Å². The van der Waals surface area contributed by atoms with E-state index in [1.165, 1.54) is 22.2 Å². The molecule has 0 aliphatic carbocycles. The molecule has 0 aromatic rings. The topological polar surface area (TPSA) is 24.6 Å². The lowest BCUT2D eigenvalue weighted by molar-refractivity contribution is 0.268. The van der Waals surface area contributed by atoms with Crippen LogP contribution in [0.1, 0.15) is 12.8 Å². The summed E-state index contributed by atoms with van der Waals surface area (Å²) in [4.78, 5) is 0. The van der Waals surface area contributed by atoms with Gasteiger partial charge in [0.05, 0.1) is 6.61 Å². The van der Waals surface area contributed by atoms with Gasteiger partial charge < -0.3 is 4.74 Å². The van der Waals surface area contributed by atoms with E-state index in [0.29, 0.717) is 0 Å². The van der Waals surface area contributed by atoms with E-state index in [1.807, 2.05) is 23.5 Å². The highest BCUT2D eigenvalue weighted by Gasteiger charge is 2.42. The molecule has 2 heterocycles. The zero-order valence-corrected chi connectivity index (χ0v) is 10.9. The maximum absolute atomic E-state index is 5.44. The standard InChI is InChI=1S/C9H16NOPS2/c12-7-10-9(6-11-9)3-2-8-13-4-1-5-14-8/h2,10H,1,3-7,12H2. The molecule has 14 heavy (non-hydrogen) atoms. The Morgan fingerprint density at radius 2 is 2.21 bits per heavy atom. The Morgan fingerprint density at radius 3 is 2.79 bits per heavy atom. The largest absolute Gasteiger partial charge is 0.353 e. The van der Waals surface area contributed by atoms with Gasteiger partial charge in [-0.25, -0.2) is 0 Å². The molecule has 2 fully saturated rings. The van der Waals surface area contributed by atoms with E-state index < -0.39 is 0 Å². The number of nitrogens with one attached hydrogen (secondary N) is 1. The normalized spacial score (nSPS) is 31.6. The van der Waals surface area contributed by atoms with Crippen molar-refractivity contribution in [3.05, 3.63) is 10.3 Å². The second-order valence-corrected chi connectivity index (χ2v) is 6.38. The van der Waals surface area contributed by atoms with Crippen LogP contribution in [0.25, 0.3) is 0 Å². The van der Waals surface area contributed by atoms with E-state index in [9.17, 15) is 0 Å². The minimum atomic E-state index is -0.0205. The second-order valence-electron chi connectivity index (χ2n) is 3.44. The zero-order valence-electron chi connectivity index (χ0n) is 8.12. The third kappa shape index (κ3) is 3.14. The summed E-state index contributed by atoms with van der Waals surface area (Å²) in [6.07, 6.45) is 5.59. The van der Waals surface area contributed by atoms with Crippen molar-refractivity contribution >= 4 is 32.8 Å². The molecule has 2 atom stereocenters. The third-order valence-electron chi connectivity index (χ3n) is 2.29. The minimum Gasteiger partial charge on any atom is -0.353 e. The summed E-state index contributed by atoms with van der Waals surface area (Å²) in [6, 6.07) is 0. The molecule has 1 N–H and O–H groups in total. The molecule has 0 saturated carbocycles. The molecular formula is C9H16NOPS2. The summed E-state index contributed by atoms with van der Waals surface area (Å²) < 4.78 is 6.92. The smallest absolute Gasteiger partial charge is 0.146 e. The highest BCUT2D eigenvalue weighted by atomic mass is 32.2. The summed E-state index contributed by atoms with van der Waals surface area (Å²) in [5.41, 5.74) is -0.0205. The van der Waals surface area contributed by atoms with Crippen LogP contribution in [-0.2, 0) is 4.74 Å². The van der Waals surface area contributed by atoms with Crippen LogP contribution >= 0.6 is 32.8 Å². The summed E-state index contributed by atoms with van der Waals surface area (Å²) >= 11 is 3.97. The van der Waals surface area contributed by atoms with E-state index in [-0.39, 0.29) is 5.72 Å². The van der Waals surface area contributed by atoms with Crippen LogP contribution in [0.4, 0.5) is 0 Å². The number of thioether (sulfide) groups is 2. The van der Waals surface area contributed by atoms with Gasteiger partial charge in [-0.1, -0.05) is 6.08 Å². The molecule has 2 rings (SSSR count). The highest BCUT2D eigenvalue weighted by Crippen LogP contribution is 2.37. The molecule has 2 saturated heterocycles. The van der Waals surface area contributed by atoms with Crippen molar-refractivity contribution in [2.75, 3.05) is 24.4 Å². The first-order valence-corrected chi connectivity index (χ1v) is 7.68. The Hall–Kier alpha value is 0.790. The Bertz CT molecular complexity index is 223. The lowest BCUT2D eigenvalue weighted by Gasteiger charge is -2.14. The molecule has 2 unspecified atom stereocenters. The molecule has 0 amide bonds. The van der Waals surface area contributed by atoms with Gasteiger partial charge in [-0.15, -0.1) is 32.8 Å².